The van der Waals surface area contributed by atoms with Crippen molar-refractivity contribution in [1.29, 1.82) is 0 Å². The monoisotopic (exact) mass is 902 g/mol. The minimum atomic E-state index is -1.14. The second-order valence-corrected chi connectivity index (χ2v) is 19.2. The van der Waals surface area contributed by atoms with Gasteiger partial charge in [-0.05, 0) is 129 Å². The highest BCUT2D eigenvalue weighted by atomic mass is 16.5. The number of phenols is 1. The number of aromatic hydroxyl groups is 1. The maximum absolute atomic E-state index is 14.7. The average Bonchev–Trinajstić information content (AvgIpc) is 3.60. The van der Waals surface area contributed by atoms with Crippen LogP contribution in [0, 0.1) is 11.3 Å². The Labute approximate surface area is 388 Å². The van der Waals surface area contributed by atoms with Crippen molar-refractivity contribution in [3.05, 3.63) is 94.3 Å². The molecule has 1 saturated heterocycles. The van der Waals surface area contributed by atoms with Gasteiger partial charge < -0.3 is 35.1 Å². The van der Waals surface area contributed by atoms with E-state index in [4.69, 9.17) is 20.2 Å². The number of allylic oxidation sites excluding steroid dienone is 1. The molecule has 0 aliphatic carbocycles. The van der Waals surface area contributed by atoms with Crippen LogP contribution in [0.4, 0.5) is 0 Å². The molecule has 352 valence electrons. The van der Waals surface area contributed by atoms with Crippen molar-refractivity contribution in [3.8, 4) is 16.9 Å². The van der Waals surface area contributed by atoms with Crippen LogP contribution in [-0.2, 0) is 49.7 Å². The number of carbonyl (C=O) groups is 4. The van der Waals surface area contributed by atoms with Gasteiger partial charge in [0.2, 0.25) is 5.91 Å². The second kappa shape index (κ2) is 20.4. The number of rotatable bonds is 11. The number of nitrogens with zero attached hydrogens (tertiary/aromatic N) is 4. The molecule has 66 heavy (non-hydrogen) atoms. The standard InChI is InChI=1S/C52H67N7O7/c1-9-58-44-19-18-36-28-40(44)41(47(58)39-12-10-22-54-45(39)32(4)65-8)29-52(5,6)30-66-51(64)42-13-11-23-59(56-42)50(63)43(26-34-24-37(36)27-38(60)25-34)55-48(61)46(31(2)3)57(7)49(62)35-16-14-33(15-17-35)20-21-53/h14-19,22,24-25,27-28,31-32,42-43,46,56,60H,9-13,20-21,23,26,29-30,53H2,1-8H3,(H,55,61)/t32-,42-,43-,46-/m0/s1. The quantitative estimate of drug-likeness (QED) is 0.121. The minimum absolute atomic E-state index is 0.00731. The van der Waals surface area contributed by atoms with Crippen LogP contribution in [0.3, 0.4) is 0 Å². The number of ether oxygens (including phenoxy) is 2. The van der Waals surface area contributed by atoms with E-state index in [1.54, 1.807) is 38.4 Å². The van der Waals surface area contributed by atoms with E-state index in [0.29, 0.717) is 56.4 Å². The Kier molecular flexibility index (Phi) is 14.8. The Morgan fingerprint density at radius 2 is 1.83 bits per heavy atom. The first-order valence-electron chi connectivity index (χ1n) is 23.4. The van der Waals surface area contributed by atoms with E-state index in [-0.39, 0.29) is 36.7 Å². The highest BCUT2D eigenvalue weighted by molar-refractivity contribution is 5.99. The fourth-order valence-electron chi connectivity index (χ4n) is 9.82. The van der Waals surface area contributed by atoms with Crippen LogP contribution in [0.15, 0.2) is 71.4 Å². The van der Waals surface area contributed by atoms with Crippen LogP contribution < -0.4 is 16.5 Å². The van der Waals surface area contributed by atoms with Crippen molar-refractivity contribution >= 4 is 46.4 Å². The summed E-state index contributed by atoms with van der Waals surface area (Å²) in [6.45, 7) is 13.7. The summed E-state index contributed by atoms with van der Waals surface area (Å²) in [6, 6.07) is 15.9. The van der Waals surface area contributed by atoms with Gasteiger partial charge in [-0.3, -0.25) is 29.2 Å². The van der Waals surface area contributed by atoms with Crippen LogP contribution in [-0.4, -0.2) is 108 Å². The normalized spacial score (nSPS) is 19.9. The summed E-state index contributed by atoms with van der Waals surface area (Å²) in [4.78, 5) is 63.3. The van der Waals surface area contributed by atoms with Crippen molar-refractivity contribution in [1.82, 2.24) is 25.2 Å². The molecule has 0 unspecified atom stereocenters. The van der Waals surface area contributed by atoms with Gasteiger partial charge in [0.1, 0.15) is 23.9 Å². The van der Waals surface area contributed by atoms with Crippen LogP contribution in [0.2, 0.25) is 0 Å². The molecule has 7 rings (SSSR count). The van der Waals surface area contributed by atoms with E-state index < -0.39 is 41.3 Å². The van der Waals surface area contributed by atoms with E-state index in [9.17, 15) is 24.3 Å². The molecule has 0 saturated carbocycles. The molecule has 6 bridgehead atoms. The Bertz CT molecular complexity index is 2520. The number of carbonyl (C=O) groups excluding carboxylic acids is 4. The summed E-state index contributed by atoms with van der Waals surface area (Å²) >= 11 is 0. The lowest BCUT2D eigenvalue weighted by Crippen LogP contribution is -2.62. The van der Waals surface area contributed by atoms with Crippen molar-refractivity contribution < 1.29 is 33.8 Å². The molecule has 1 fully saturated rings. The van der Waals surface area contributed by atoms with E-state index in [2.05, 4.69) is 48.2 Å². The third-order valence-corrected chi connectivity index (χ3v) is 13.2. The van der Waals surface area contributed by atoms with Gasteiger partial charge in [0.25, 0.3) is 11.8 Å². The zero-order valence-corrected chi connectivity index (χ0v) is 39.8. The van der Waals surface area contributed by atoms with E-state index >= 15 is 0 Å². The molecular formula is C52H67N7O7. The van der Waals surface area contributed by atoms with E-state index in [0.717, 1.165) is 63.0 Å². The van der Waals surface area contributed by atoms with Gasteiger partial charge >= 0.3 is 5.97 Å². The van der Waals surface area contributed by atoms with Gasteiger partial charge in [-0.2, -0.15) is 0 Å². The number of methoxy groups -OCH3 is 1. The number of phenolic OH excluding ortho intramolecular Hbond substituents is 1. The first kappa shape index (κ1) is 48.1. The van der Waals surface area contributed by atoms with Crippen LogP contribution in [0.1, 0.15) is 100.0 Å². The fraction of sp³-hybridized carbons (Fsp3) is 0.481. The molecule has 3 amide bonds. The average molecular weight is 902 g/mol. The molecule has 5 N–H and O–H groups in total. The Morgan fingerprint density at radius 1 is 1.08 bits per heavy atom. The molecular weight excluding hydrogens is 835 g/mol. The molecule has 14 nitrogen and oxygen atoms in total. The number of hydrogen-bond donors (Lipinski definition) is 4. The number of benzene rings is 3. The van der Waals surface area contributed by atoms with Crippen LogP contribution in [0.5, 0.6) is 5.75 Å². The number of amides is 3. The molecule has 14 heteroatoms. The van der Waals surface area contributed by atoms with Gasteiger partial charge in [-0.25, -0.2) is 5.43 Å². The summed E-state index contributed by atoms with van der Waals surface area (Å²) in [5, 5.41) is 16.8. The summed E-state index contributed by atoms with van der Waals surface area (Å²) in [6.07, 6.45) is 5.57. The number of aryl methyl sites for hydroxylation is 1. The Balaban J connectivity index is 1.32. The number of aromatic nitrogens is 1. The first-order valence-corrected chi connectivity index (χ1v) is 23.4. The smallest absolute Gasteiger partial charge is 0.324 e. The predicted molar refractivity (Wildman–Crippen MR) is 258 cm³/mol. The highest BCUT2D eigenvalue weighted by Gasteiger charge is 2.38. The van der Waals surface area contributed by atoms with Crippen LogP contribution >= 0.6 is 0 Å². The Morgan fingerprint density at radius 3 is 2.53 bits per heavy atom. The third kappa shape index (κ3) is 10.3. The third-order valence-electron chi connectivity index (χ3n) is 13.2. The number of fused-ring (bicyclic) bond motifs is 6. The zero-order chi connectivity index (χ0) is 47.4. The molecule has 1 aromatic heterocycles. The predicted octanol–water partition coefficient (Wildman–Crippen LogP) is 6.59. The number of aliphatic imine (C=N–C) groups is 1. The Hall–Kier alpha value is -5.83. The summed E-state index contributed by atoms with van der Waals surface area (Å²) in [5.41, 5.74) is 17.3. The lowest BCUT2D eigenvalue weighted by molar-refractivity contribution is -0.155. The van der Waals surface area contributed by atoms with Gasteiger partial charge in [0.15, 0.2) is 0 Å². The van der Waals surface area contributed by atoms with Gasteiger partial charge in [0.05, 0.1) is 24.1 Å². The lowest BCUT2D eigenvalue weighted by atomic mass is 9.83. The minimum Gasteiger partial charge on any atom is -0.508 e. The number of cyclic esters (lactones) is 1. The lowest BCUT2D eigenvalue weighted by Gasteiger charge is -2.36. The summed E-state index contributed by atoms with van der Waals surface area (Å²) < 4.78 is 14.3. The highest BCUT2D eigenvalue weighted by Crippen LogP contribution is 2.42. The number of nitrogens with two attached hydrogens (primary N) is 1. The number of nitrogens with one attached hydrogen (secondary N) is 2. The molecule has 4 atom stereocenters. The molecule has 4 heterocycles. The van der Waals surface area contributed by atoms with E-state index in [1.165, 1.54) is 9.91 Å². The van der Waals surface area contributed by atoms with Gasteiger partial charge in [-0.1, -0.05) is 52.0 Å². The number of esters is 1. The fourth-order valence-corrected chi connectivity index (χ4v) is 9.82. The summed E-state index contributed by atoms with van der Waals surface area (Å²) in [5.74, 6) is -2.08. The van der Waals surface area contributed by atoms with Gasteiger partial charge in [-0.15, -0.1) is 0 Å². The number of hydrazine groups is 1. The maximum Gasteiger partial charge on any atom is 0.324 e. The van der Waals surface area contributed by atoms with Crippen molar-refractivity contribution in [2.24, 2.45) is 22.1 Å². The summed E-state index contributed by atoms with van der Waals surface area (Å²) in [7, 11) is 3.29. The van der Waals surface area contributed by atoms with Gasteiger partial charge in [0, 0.05) is 67.3 Å². The number of hydrogen-bond acceptors (Lipinski definition) is 10. The number of likely N-dealkylation sites (N-methyl/N-ethyl adjacent to an activating group) is 1. The SMILES string of the molecule is CCn1c(C2=C([C@H](C)OC)N=CCC2)c2c3cc(ccc31)-c1cc(O)cc(c1)C[C@H](NC(=O)[C@H](C(C)C)N(C)C(=O)c1ccc(CCN)cc1)C(=O)N1CCC[C@H](N1)C(=O)OCC(C)(C)C2. The molecule has 3 aromatic carbocycles. The zero-order valence-electron chi connectivity index (χ0n) is 39.8. The largest absolute Gasteiger partial charge is 0.508 e. The molecule has 0 radical (unpaired) electrons. The maximum atomic E-state index is 14.7. The topological polar surface area (TPSA) is 181 Å². The van der Waals surface area contributed by atoms with Crippen LogP contribution in [0.25, 0.3) is 27.6 Å². The first-order chi connectivity index (χ1) is 31.5. The second-order valence-electron chi connectivity index (χ2n) is 19.2. The molecule has 0 spiro atoms. The van der Waals surface area contributed by atoms with Crippen molar-refractivity contribution in [2.45, 2.75) is 117 Å². The van der Waals surface area contributed by atoms with Crippen molar-refractivity contribution in [3.63, 3.8) is 0 Å². The molecule has 3 aliphatic heterocycles. The molecule has 3 aliphatic rings. The van der Waals surface area contributed by atoms with Crippen molar-refractivity contribution in [2.75, 3.05) is 33.9 Å². The molecule has 4 aromatic rings. The van der Waals surface area contributed by atoms with E-state index in [1.807, 2.05) is 51.3 Å².